The van der Waals surface area contributed by atoms with Gasteiger partial charge in [-0.2, -0.15) is 0 Å². The maximum Gasteiger partial charge on any atom is 0.341 e. The molecule has 0 aliphatic heterocycles. The van der Waals surface area contributed by atoms with Crippen molar-refractivity contribution in [2.24, 2.45) is 0 Å². The topological polar surface area (TPSA) is 64.4 Å². The molecule has 1 atom stereocenters. The maximum atomic E-state index is 11.5. The molecule has 0 saturated heterocycles. The minimum absolute atomic E-state index is 0.140. The number of esters is 1. The SMILES string of the molecule is COC(=O)c1cc(CNC(C)c2ncc(C)s2)oc1C. The van der Waals surface area contributed by atoms with E-state index in [1.54, 1.807) is 24.3 Å². The van der Waals surface area contributed by atoms with Gasteiger partial charge in [-0.25, -0.2) is 9.78 Å². The van der Waals surface area contributed by atoms with Gasteiger partial charge >= 0.3 is 5.97 Å². The van der Waals surface area contributed by atoms with Gasteiger partial charge in [0.05, 0.1) is 19.7 Å². The summed E-state index contributed by atoms with van der Waals surface area (Å²) in [4.78, 5) is 17.0. The highest BCUT2D eigenvalue weighted by Crippen LogP contribution is 2.20. The van der Waals surface area contributed by atoms with Crippen LogP contribution in [0.1, 0.15) is 44.7 Å². The van der Waals surface area contributed by atoms with E-state index in [0.717, 1.165) is 5.01 Å². The van der Waals surface area contributed by atoms with E-state index < -0.39 is 0 Å². The van der Waals surface area contributed by atoms with Crippen molar-refractivity contribution in [3.05, 3.63) is 39.2 Å². The van der Waals surface area contributed by atoms with E-state index in [2.05, 4.69) is 17.2 Å². The Labute approximate surface area is 122 Å². The van der Waals surface area contributed by atoms with Gasteiger partial charge in [0.1, 0.15) is 22.1 Å². The van der Waals surface area contributed by atoms with E-state index in [9.17, 15) is 4.79 Å². The summed E-state index contributed by atoms with van der Waals surface area (Å²) in [6.07, 6.45) is 1.87. The molecule has 6 heteroatoms. The van der Waals surface area contributed by atoms with E-state index in [1.165, 1.54) is 12.0 Å². The fraction of sp³-hybridized carbons (Fsp3) is 0.429. The van der Waals surface area contributed by atoms with Gasteiger partial charge in [-0.15, -0.1) is 11.3 Å². The summed E-state index contributed by atoms with van der Waals surface area (Å²) < 4.78 is 10.2. The second-order valence-electron chi connectivity index (χ2n) is 4.59. The standard InChI is InChI=1S/C14H18N2O3S/c1-8-6-16-13(20-8)9(2)15-7-11-5-12(10(3)19-11)14(17)18-4/h5-6,9,15H,7H2,1-4H3. The lowest BCUT2D eigenvalue weighted by atomic mass is 10.2. The number of carbonyl (C=O) groups excluding carboxylic acids is 1. The van der Waals surface area contributed by atoms with Crippen LogP contribution in [0.2, 0.25) is 0 Å². The molecule has 0 radical (unpaired) electrons. The van der Waals surface area contributed by atoms with Crippen LogP contribution in [0, 0.1) is 13.8 Å². The molecule has 0 aliphatic carbocycles. The van der Waals surface area contributed by atoms with E-state index in [4.69, 9.17) is 9.15 Å². The lowest BCUT2D eigenvalue weighted by molar-refractivity contribution is 0.0599. The fourth-order valence-corrected chi connectivity index (χ4v) is 2.66. The molecule has 0 spiro atoms. The van der Waals surface area contributed by atoms with Gasteiger partial charge in [-0.1, -0.05) is 0 Å². The number of nitrogens with one attached hydrogen (secondary N) is 1. The van der Waals surface area contributed by atoms with Crippen molar-refractivity contribution >= 4 is 17.3 Å². The molecule has 0 amide bonds. The molecule has 2 rings (SSSR count). The van der Waals surface area contributed by atoms with Crippen LogP contribution in [0.4, 0.5) is 0 Å². The first-order valence-corrected chi connectivity index (χ1v) is 7.16. The molecule has 0 aliphatic rings. The number of aryl methyl sites for hydroxylation is 2. The summed E-state index contributed by atoms with van der Waals surface area (Å²) in [5.74, 6) is 0.913. The predicted octanol–water partition coefficient (Wildman–Crippen LogP) is 2.99. The van der Waals surface area contributed by atoms with Crippen LogP contribution in [0.25, 0.3) is 0 Å². The molecule has 20 heavy (non-hydrogen) atoms. The summed E-state index contributed by atoms with van der Waals surface area (Å²) in [6, 6.07) is 1.86. The summed E-state index contributed by atoms with van der Waals surface area (Å²) in [5.41, 5.74) is 0.474. The first kappa shape index (κ1) is 14.7. The first-order valence-electron chi connectivity index (χ1n) is 6.34. The monoisotopic (exact) mass is 294 g/mol. The van der Waals surface area contributed by atoms with Gasteiger partial charge in [0, 0.05) is 11.1 Å². The largest absolute Gasteiger partial charge is 0.465 e. The van der Waals surface area contributed by atoms with Crippen molar-refractivity contribution in [1.82, 2.24) is 10.3 Å². The molecule has 1 N–H and O–H groups in total. The van der Waals surface area contributed by atoms with Crippen molar-refractivity contribution in [2.45, 2.75) is 33.4 Å². The number of furan rings is 1. The number of rotatable bonds is 5. The summed E-state index contributed by atoms with van der Waals surface area (Å²) in [7, 11) is 1.36. The average molecular weight is 294 g/mol. The molecular weight excluding hydrogens is 276 g/mol. The Bertz CT molecular complexity index is 603. The third kappa shape index (κ3) is 3.26. The Morgan fingerprint density at radius 3 is 2.90 bits per heavy atom. The third-order valence-electron chi connectivity index (χ3n) is 2.97. The van der Waals surface area contributed by atoms with E-state index in [-0.39, 0.29) is 12.0 Å². The van der Waals surface area contributed by atoms with Crippen molar-refractivity contribution in [3.63, 3.8) is 0 Å². The van der Waals surface area contributed by atoms with Crippen molar-refractivity contribution in [3.8, 4) is 0 Å². The summed E-state index contributed by atoms with van der Waals surface area (Å²) in [5, 5.41) is 4.37. The number of nitrogens with zero attached hydrogens (tertiary/aromatic N) is 1. The lowest BCUT2D eigenvalue weighted by Gasteiger charge is -2.09. The second-order valence-corrected chi connectivity index (χ2v) is 5.85. The molecule has 5 nitrogen and oxygen atoms in total. The summed E-state index contributed by atoms with van der Waals surface area (Å²) in [6.45, 7) is 6.38. The Morgan fingerprint density at radius 2 is 2.30 bits per heavy atom. The first-order chi connectivity index (χ1) is 9.51. The van der Waals surface area contributed by atoms with Crippen LogP contribution in [0.5, 0.6) is 0 Å². The number of carbonyl (C=O) groups is 1. The number of hydrogen-bond acceptors (Lipinski definition) is 6. The zero-order valence-electron chi connectivity index (χ0n) is 12.0. The molecule has 2 heterocycles. The Kier molecular flexibility index (Phi) is 4.57. The highest BCUT2D eigenvalue weighted by atomic mass is 32.1. The molecule has 1 unspecified atom stereocenters. The molecule has 0 aromatic carbocycles. The second kappa shape index (κ2) is 6.19. The lowest BCUT2D eigenvalue weighted by Crippen LogP contribution is -2.17. The molecule has 0 saturated carbocycles. The van der Waals surface area contributed by atoms with Crippen molar-refractivity contribution in [2.75, 3.05) is 7.11 Å². The quantitative estimate of drug-likeness (QED) is 0.859. The van der Waals surface area contributed by atoms with Gasteiger partial charge in [-0.05, 0) is 26.8 Å². The van der Waals surface area contributed by atoms with Crippen LogP contribution < -0.4 is 5.32 Å². The highest BCUT2D eigenvalue weighted by molar-refractivity contribution is 7.11. The average Bonchev–Trinajstić information content (AvgIpc) is 3.01. The molecule has 108 valence electrons. The predicted molar refractivity (Wildman–Crippen MR) is 76.9 cm³/mol. The van der Waals surface area contributed by atoms with Gasteiger partial charge in [0.2, 0.25) is 0 Å². The molecule has 2 aromatic rings. The van der Waals surface area contributed by atoms with Crippen molar-refractivity contribution < 1.29 is 13.9 Å². The van der Waals surface area contributed by atoms with E-state index in [0.29, 0.717) is 23.6 Å². The molecule has 0 fully saturated rings. The van der Waals surface area contributed by atoms with E-state index in [1.807, 2.05) is 13.1 Å². The van der Waals surface area contributed by atoms with Crippen LogP contribution >= 0.6 is 11.3 Å². The zero-order valence-corrected chi connectivity index (χ0v) is 12.8. The molecular formula is C14H18N2O3S. The van der Waals surface area contributed by atoms with Gasteiger partial charge < -0.3 is 14.5 Å². The fourth-order valence-electron chi connectivity index (χ4n) is 1.86. The van der Waals surface area contributed by atoms with Crippen molar-refractivity contribution in [1.29, 1.82) is 0 Å². The Balaban J connectivity index is 1.99. The minimum Gasteiger partial charge on any atom is -0.465 e. The number of ether oxygens (including phenoxy) is 1. The Hall–Kier alpha value is -1.66. The van der Waals surface area contributed by atoms with Gasteiger partial charge in [0.25, 0.3) is 0 Å². The molecule has 0 bridgehead atoms. The number of aromatic nitrogens is 1. The zero-order chi connectivity index (χ0) is 14.7. The Morgan fingerprint density at radius 1 is 1.55 bits per heavy atom. The van der Waals surface area contributed by atoms with Gasteiger partial charge in [-0.3, -0.25) is 0 Å². The van der Waals surface area contributed by atoms with Crippen LogP contribution in [0.3, 0.4) is 0 Å². The number of thiazole rings is 1. The number of methoxy groups -OCH3 is 1. The number of hydrogen-bond donors (Lipinski definition) is 1. The molecule has 2 aromatic heterocycles. The van der Waals surface area contributed by atoms with Crippen LogP contribution in [-0.2, 0) is 11.3 Å². The maximum absolute atomic E-state index is 11.5. The van der Waals surface area contributed by atoms with Crippen LogP contribution in [0.15, 0.2) is 16.7 Å². The smallest absolute Gasteiger partial charge is 0.341 e. The highest BCUT2D eigenvalue weighted by Gasteiger charge is 2.16. The normalized spacial score (nSPS) is 12.4. The minimum atomic E-state index is -0.374. The van der Waals surface area contributed by atoms with Gasteiger partial charge in [0.15, 0.2) is 0 Å². The van der Waals surface area contributed by atoms with Crippen LogP contribution in [-0.4, -0.2) is 18.1 Å². The third-order valence-corrected chi connectivity index (χ3v) is 4.06. The summed E-state index contributed by atoms with van der Waals surface area (Å²) >= 11 is 1.67. The van der Waals surface area contributed by atoms with E-state index >= 15 is 0 Å².